The molecule has 4 nitrogen and oxygen atoms in total. The molecule has 5 heteroatoms. The third-order valence-electron chi connectivity index (χ3n) is 2.89. The second-order valence-corrected chi connectivity index (χ2v) is 6.42. The zero-order valence-electron chi connectivity index (χ0n) is 9.85. The minimum Gasteiger partial charge on any atom is -0.494 e. The van der Waals surface area contributed by atoms with Gasteiger partial charge in [-0.3, -0.25) is 0 Å². The fraction of sp³-hybridized carbons (Fsp3) is 0.500. The Bertz CT molecular complexity index is 480. The molecule has 0 saturated carbocycles. The lowest BCUT2D eigenvalue weighted by atomic mass is 10.0. The van der Waals surface area contributed by atoms with E-state index < -0.39 is 9.84 Å². The molecule has 0 bridgehead atoms. The van der Waals surface area contributed by atoms with Crippen molar-refractivity contribution < 1.29 is 13.2 Å². The second-order valence-electron chi connectivity index (χ2n) is 4.41. The van der Waals surface area contributed by atoms with Gasteiger partial charge in [-0.05, 0) is 43.6 Å². The number of hydrogen-bond acceptors (Lipinski definition) is 4. The molecule has 2 rings (SSSR count). The van der Waals surface area contributed by atoms with Gasteiger partial charge in [-0.2, -0.15) is 0 Å². The summed E-state index contributed by atoms with van der Waals surface area (Å²) < 4.78 is 28.3. The fourth-order valence-electron chi connectivity index (χ4n) is 1.69. The maximum absolute atomic E-state index is 11.4. The summed E-state index contributed by atoms with van der Waals surface area (Å²) in [5.41, 5.74) is 0. The third kappa shape index (κ3) is 3.44. The van der Waals surface area contributed by atoms with E-state index >= 15 is 0 Å². The van der Waals surface area contributed by atoms with Crippen molar-refractivity contribution in [3.63, 3.8) is 0 Å². The normalized spacial score (nSPS) is 16.5. The monoisotopic (exact) mass is 255 g/mol. The van der Waals surface area contributed by atoms with Gasteiger partial charge < -0.3 is 10.1 Å². The maximum Gasteiger partial charge on any atom is 0.175 e. The molecule has 1 aliphatic heterocycles. The SMILES string of the molecule is CS(=O)(=O)c1cccc(OCCC2CNC2)c1. The van der Waals surface area contributed by atoms with Gasteiger partial charge >= 0.3 is 0 Å². The topological polar surface area (TPSA) is 55.4 Å². The van der Waals surface area contributed by atoms with Crippen molar-refractivity contribution in [2.75, 3.05) is 26.0 Å². The molecule has 17 heavy (non-hydrogen) atoms. The van der Waals surface area contributed by atoms with E-state index in [-0.39, 0.29) is 0 Å². The molecule has 1 N–H and O–H groups in total. The molecule has 1 aromatic carbocycles. The molecule has 94 valence electrons. The van der Waals surface area contributed by atoms with Crippen molar-refractivity contribution in [3.8, 4) is 5.75 Å². The van der Waals surface area contributed by atoms with Gasteiger partial charge in [-0.15, -0.1) is 0 Å². The van der Waals surface area contributed by atoms with Crippen LogP contribution in [-0.2, 0) is 9.84 Å². The summed E-state index contributed by atoms with van der Waals surface area (Å²) in [6, 6.07) is 6.65. The highest BCUT2D eigenvalue weighted by Gasteiger charge is 2.16. The van der Waals surface area contributed by atoms with Crippen LogP contribution >= 0.6 is 0 Å². The molecule has 0 radical (unpaired) electrons. The molecule has 0 aromatic heterocycles. The Morgan fingerprint density at radius 1 is 1.41 bits per heavy atom. The predicted octanol–water partition coefficient (Wildman–Crippen LogP) is 1.08. The molecule has 0 atom stereocenters. The number of benzene rings is 1. The average Bonchev–Trinajstić information content (AvgIpc) is 2.21. The van der Waals surface area contributed by atoms with Crippen LogP contribution in [0.2, 0.25) is 0 Å². The lowest BCUT2D eigenvalue weighted by molar-refractivity contribution is 0.238. The molecule has 1 aromatic rings. The zero-order chi connectivity index (χ0) is 12.3. The first kappa shape index (κ1) is 12.4. The van der Waals surface area contributed by atoms with E-state index in [9.17, 15) is 8.42 Å². The van der Waals surface area contributed by atoms with Crippen LogP contribution in [0.1, 0.15) is 6.42 Å². The van der Waals surface area contributed by atoms with E-state index in [1.165, 1.54) is 6.26 Å². The number of sulfone groups is 1. The van der Waals surface area contributed by atoms with E-state index in [1.54, 1.807) is 24.3 Å². The highest BCUT2D eigenvalue weighted by molar-refractivity contribution is 7.90. The smallest absolute Gasteiger partial charge is 0.175 e. The highest BCUT2D eigenvalue weighted by atomic mass is 32.2. The predicted molar refractivity (Wildman–Crippen MR) is 66.0 cm³/mol. The zero-order valence-corrected chi connectivity index (χ0v) is 10.7. The molecular weight excluding hydrogens is 238 g/mol. The van der Waals surface area contributed by atoms with Crippen LogP contribution in [0.3, 0.4) is 0 Å². The van der Waals surface area contributed by atoms with Crippen LogP contribution in [0.4, 0.5) is 0 Å². The van der Waals surface area contributed by atoms with E-state index in [2.05, 4.69) is 5.32 Å². The Kier molecular flexibility index (Phi) is 3.69. The minimum absolute atomic E-state index is 0.306. The number of nitrogens with one attached hydrogen (secondary N) is 1. The van der Waals surface area contributed by atoms with Crippen molar-refractivity contribution in [2.45, 2.75) is 11.3 Å². The first-order valence-corrected chi connectivity index (χ1v) is 7.58. The Morgan fingerprint density at radius 3 is 2.76 bits per heavy atom. The number of hydrogen-bond donors (Lipinski definition) is 1. The summed E-state index contributed by atoms with van der Waals surface area (Å²) in [5, 5.41) is 3.20. The fourth-order valence-corrected chi connectivity index (χ4v) is 2.35. The Morgan fingerprint density at radius 2 is 2.18 bits per heavy atom. The van der Waals surface area contributed by atoms with Crippen LogP contribution < -0.4 is 10.1 Å². The van der Waals surface area contributed by atoms with Gasteiger partial charge in [0.1, 0.15) is 5.75 Å². The van der Waals surface area contributed by atoms with Crippen molar-refractivity contribution in [1.29, 1.82) is 0 Å². The van der Waals surface area contributed by atoms with Crippen LogP contribution in [0.15, 0.2) is 29.2 Å². The maximum atomic E-state index is 11.4. The average molecular weight is 255 g/mol. The van der Waals surface area contributed by atoms with E-state index in [4.69, 9.17) is 4.74 Å². The van der Waals surface area contributed by atoms with Crippen LogP contribution in [-0.4, -0.2) is 34.4 Å². The first-order chi connectivity index (χ1) is 8.05. The van der Waals surface area contributed by atoms with Gasteiger partial charge in [0.05, 0.1) is 11.5 Å². The van der Waals surface area contributed by atoms with Gasteiger partial charge in [0.2, 0.25) is 0 Å². The van der Waals surface area contributed by atoms with Gasteiger partial charge in [-0.1, -0.05) is 6.07 Å². The van der Waals surface area contributed by atoms with Crippen LogP contribution in [0.5, 0.6) is 5.75 Å². The minimum atomic E-state index is -3.15. The van der Waals surface area contributed by atoms with Crippen LogP contribution in [0, 0.1) is 5.92 Å². The van der Waals surface area contributed by atoms with E-state index in [1.807, 2.05) is 0 Å². The van der Waals surface area contributed by atoms with Crippen molar-refractivity contribution >= 4 is 9.84 Å². The molecule has 0 spiro atoms. The van der Waals surface area contributed by atoms with Gasteiger partial charge in [-0.25, -0.2) is 8.42 Å². The van der Waals surface area contributed by atoms with Crippen LogP contribution in [0.25, 0.3) is 0 Å². The molecule has 0 aliphatic carbocycles. The lowest BCUT2D eigenvalue weighted by Crippen LogP contribution is -2.42. The summed E-state index contributed by atoms with van der Waals surface area (Å²) in [5.74, 6) is 1.33. The second kappa shape index (κ2) is 5.06. The molecular formula is C12H17NO3S. The van der Waals surface area contributed by atoms with Gasteiger partial charge in [0, 0.05) is 6.26 Å². The molecule has 0 unspecified atom stereocenters. The molecule has 1 fully saturated rings. The summed E-state index contributed by atoms with van der Waals surface area (Å²) in [6.45, 7) is 2.76. The highest BCUT2D eigenvalue weighted by Crippen LogP contribution is 2.18. The van der Waals surface area contributed by atoms with E-state index in [0.717, 1.165) is 19.5 Å². The molecule has 1 heterocycles. The van der Waals surface area contributed by atoms with E-state index in [0.29, 0.717) is 23.2 Å². The van der Waals surface area contributed by atoms with Gasteiger partial charge in [0.15, 0.2) is 9.84 Å². The summed E-state index contributed by atoms with van der Waals surface area (Å²) >= 11 is 0. The Hall–Kier alpha value is -1.07. The molecule has 1 aliphatic rings. The Labute approximate surface area is 102 Å². The number of ether oxygens (including phenoxy) is 1. The van der Waals surface area contributed by atoms with Crippen molar-refractivity contribution in [2.24, 2.45) is 5.92 Å². The summed E-state index contributed by atoms with van der Waals surface area (Å²) in [4.78, 5) is 0.306. The standard InChI is InChI=1S/C12H17NO3S/c1-17(14,15)12-4-2-3-11(7-12)16-6-5-10-8-13-9-10/h2-4,7,10,13H,5-6,8-9H2,1H3. The first-order valence-electron chi connectivity index (χ1n) is 5.69. The lowest BCUT2D eigenvalue weighted by Gasteiger charge is -2.26. The largest absolute Gasteiger partial charge is 0.494 e. The summed E-state index contributed by atoms with van der Waals surface area (Å²) in [7, 11) is -3.15. The van der Waals surface area contributed by atoms with Gasteiger partial charge in [0.25, 0.3) is 0 Å². The quantitative estimate of drug-likeness (QED) is 0.855. The third-order valence-corrected chi connectivity index (χ3v) is 4.00. The molecule has 0 amide bonds. The Balaban J connectivity index is 1.91. The number of rotatable bonds is 5. The van der Waals surface area contributed by atoms with Crippen molar-refractivity contribution in [3.05, 3.63) is 24.3 Å². The molecule has 1 saturated heterocycles. The van der Waals surface area contributed by atoms with Crippen molar-refractivity contribution in [1.82, 2.24) is 5.32 Å². The summed E-state index contributed by atoms with van der Waals surface area (Å²) in [6.07, 6.45) is 2.21.